The molecule has 5 nitrogen and oxygen atoms in total. The van der Waals surface area contributed by atoms with Crippen LogP contribution in [0.4, 0.5) is 0 Å². The number of amides is 1. The molecule has 0 radical (unpaired) electrons. The van der Waals surface area contributed by atoms with Gasteiger partial charge < -0.3 is 16.0 Å². The molecule has 0 atom stereocenters. The zero-order valence-corrected chi connectivity index (χ0v) is 13.6. The monoisotopic (exact) mass is 368 g/mol. The standard InChI is InChI=1S/C12H24N4O.HI/c1-3-7-14-11(17)9-16-12(13-4-2)15-8-10-5-6-10;/h10H,3-9H2,1-2H3,(H,14,17)(H2,13,15,16);1H. The van der Waals surface area contributed by atoms with Gasteiger partial charge >= 0.3 is 0 Å². The fourth-order valence-corrected chi connectivity index (χ4v) is 1.38. The van der Waals surface area contributed by atoms with E-state index in [1.54, 1.807) is 0 Å². The summed E-state index contributed by atoms with van der Waals surface area (Å²) in [5.74, 6) is 1.52. The molecule has 1 rings (SSSR count). The van der Waals surface area contributed by atoms with Gasteiger partial charge in [-0.15, -0.1) is 24.0 Å². The summed E-state index contributed by atoms with van der Waals surface area (Å²) in [5.41, 5.74) is 0. The van der Waals surface area contributed by atoms with Crippen LogP contribution in [0.3, 0.4) is 0 Å². The molecular formula is C12H25IN4O. The van der Waals surface area contributed by atoms with E-state index < -0.39 is 0 Å². The van der Waals surface area contributed by atoms with Crippen molar-refractivity contribution in [3.63, 3.8) is 0 Å². The highest BCUT2D eigenvalue weighted by Crippen LogP contribution is 2.27. The highest BCUT2D eigenvalue weighted by Gasteiger charge is 2.21. The highest BCUT2D eigenvalue weighted by atomic mass is 127. The molecule has 0 heterocycles. The van der Waals surface area contributed by atoms with Gasteiger partial charge in [0.05, 0.1) is 0 Å². The predicted molar refractivity (Wildman–Crippen MR) is 85.4 cm³/mol. The third-order valence-electron chi connectivity index (χ3n) is 2.55. The van der Waals surface area contributed by atoms with E-state index in [-0.39, 0.29) is 36.4 Å². The van der Waals surface area contributed by atoms with Crippen LogP contribution in [0.15, 0.2) is 4.99 Å². The van der Waals surface area contributed by atoms with Crippen LogP contribution >= 0.6 is 24.0 Å². The molecule has 0 unspecified atom stereocenters. The van der Waals surface area contributed by atoms with Crippen LogP contribution < -0.4 is 16.0 Å². The van der Waals surface area contributed by atoms with Gasteiger partial charge in [0.15, 0.2) is 5.96 Å². The quantitative estimate of drug-likeness (QED) is 0.358. The van der Waals surface area contributed by atoms with Crippen LogP contribution in [0.2, 0.25) is 0 Å². The fraction of sp³-hybridized carbons (Fsp3) is 0.833. The molecule has 0 spiro atoms. The molecule has 0 aromatic heterocycles. The van der Waals surface area contributed by atoms with Crippen molar-refractivity contribution in [1.82, 2.24) is 16.0 Å². The number of hydrogen-bond donors (Lipinski definition) is 3. The van der Waals surface area contributed by atoms with Crippen molar-refractivity contribution < 1.29 is 4.79 Å². The first kappa shape index (κ1) is 17.5. The van der Waals surface area contributed by atoms with Gasteiger partial charge in [-0.05, 0) is 32.1 Å². The molecule has 1 fully saturated rings. The second-order valence-electron chi connectivity index (χ2n) is 4.37. The van der Waals surface area contributed by atoms with E-state index in [1.165, 1.54) is 12.8 Å². The zero-order valence-electron chi connectivity index (χ0n) is 11.3. The molecule has 3 N–H and O–H groups in total. The summed E-state index contributed by atoms with van der Waals surface area (Å²) in [5, 5.41) is 9.19. The molecule has 0 bridgehead atoms. The maximum Gasteiger partial charge on any atom is 0.241 e. The number of guanidine groups is 1. The van der Waals surface area contributed by atoms with Gasteiger partial charge in [0, 0.05) is 19.6 Å². The summed E-state index contributed by atoms with van der Waals surface area (Å²) in [6.45, 7) is 6.74. The minimum Gasteiger partial charge on any atom is -0.357 e. The van der Waals surface area contributed by atoms with E-state index in [4.69, 9.17) is 0 Å². The molecule has 1 aliphatic rings. The fourth-order valence-electron chi connectivity index (χ4n) is 1.38. The van der Waals surface area contributed by atoms with Crippen LogP contribution in [-0.2, 0) is 4.79 Å². The summed E-state index contributed by atoms with van der Waals surface area (Å²) in [6, 6.07) is 0. The molecule has 0 aromatic carbocycles. The van der Waals surface area contributed by atoms with Crippen molar-refractivity contribution in [3.05, 3.63) is 0 Å². The summed E-state index contributed by atoms with van der Waals surface area (Å²) >= 11 is 0. The molecule has 1 saturated carbocycles. The molecule has 6 heteroatoms. The number of rotatable bonds is 7. The smallest absolute Gasteiger partial charge is 0.241 e. The Bertz CT molecular complexity index is 267. The molecule has 1 amide bonds. The van der Waals surface area contributed by atoms with Gasteiger partial charge in [-0.3, -0.25) is 4.79 Å². The lowest BCUT2D eigenvalue weighted by molar-refractivity contribution is -0.119. The van der Waals surface area contributed by atoms with Gasteiger partial charge in [0.2, 0.25) is 5.91 Å². The van der Waals surface area contributed by atoms with Crippen molar-refractivity contribution in [2.24, 2.45) is 10.9 Å². The van der Waals surface area contributed by atoms with E-state index >= 15 is 0 Å². The summed E-state index contributed by atoms with van der Waals surface area (Å²) in [6.07, 6.45) is 3.57. The number of nitrogens with zero attached hydrogens (tertiary/aromatic N) is 1. The predicted octanol–water partition coefficient (Wildman–Crippen LogP) is 1.10. The van der Waals surface area contributed by atoms with E-state index in [9.17, 15) is 4.79 Å². The normalized spacial score (nSPS) is 14.7. The Morgan fingerprint density at radius 3 is 2.50 bits per heavy atom. The van der Waals surface area contributed by atoms with E-state index in [2.05, 4.69) is 20.9 Å². The SMILES string of the molecule is CCCNC(=O)CN=C(NCC)NCC1CC1.I. The van der Waals surface area contributed by atoms with Crippen LogP contribution in [0.5, 0.6) is 0 Å². The molecule has 106 valence electrons. The molecule has 18 heavy (non-hydrogen) atoms. The second kappa shape index (κ2) is 10.4. The van der Waals surface area contributed by atoms with Crippen molar-refractivity contribution in [1.29, 1.82) is 0 Å². The minimum atomic E-state index is -0.0181. The van der Waals surface area contributed by atoms with Gasteiger partial charge in [-0.1, -0.05) is 6.92 Å². The molecule has 0 saturated heterocycles. The zero-order chi connectivity index (χ0) is 12.5. The van der Waals surface area contributed by atoms with Crippen molar-refractivity contribution in [2.45, 2.75) is 33.1 Å². The Labute approximate surface area is 127 Å². The average Bonchev–Trinajstić information content (AvgIpc) is 3.14. The first-order valence-corrected chi connectivity index (χ1v) is 6.55. The van der Waals surface area contributed by atoms with Crippen molar-refractivity contribution >= 4 is 35.8 Å². The first-order valence-electron chi connectivity index (χ1n) is 6.55. The van der Waals surface area contributed by atoms with E-state index in [0.717, 1.165) is 37.9 Å². The number of aliphatic imine (C=N–C) groups is 1. The molecule has 0 aliphatic heterocycles. The molecule has 1 aliphatic carbocycles. The maximum atomic E-state index is 11.4. The van der Waals surface area contributed by atoms with Gasteiger partial charge in [0.25, 0.3) is 0 Å². The molecule has 0 aromatic rings. The third kappa shape index (κ3) is 8.54. The highest BCUT2D eigenvalue weighted by molar-refractivity contribution is 14.0. The Kier molecular flexibility index (Phi) is 10.1. The summed E-state index contributed by atoms with van der Waals surface area (Å²) in [4.78, 5) is 15.6. The van der Waals surface area contributed by atoms with Crippen molar-refractivity contribution in [3.8, 4) is 0 Å². The van der Waals surface area contributed by atoms with Gasteiger partial charge in [-0.2, -0.15) is 0 Å². The van der Waals surface area contributed by atoms with E-state index in [1.807, 2.05) is 13.8 Å². The van der Waals surface area contributed by atoms with Crippen LogP contribution in [0.1, 0.15) is 33.1 Å². The lowest BCUT2D eigenvalue weighted by Gasteiger charge is -2.10. The lowest BCUT2D eigenvalue weighted by atomic mass is 10.4. The Morgan fingerprint density at radius 1 is 1.22 bits per heavy atom. The summed E-state index contributed by atoms with van der Waals surface area (Å²) in [7, 11) is 0. The number of hydrogen-bond acceptors (Lipinski definition) is 2. The number of carbonyl (C=O) groups excluding carboxylic acids is 1. The first-order chi connectivity index (χ1) is 8.26. The second-order valence-corrected chi connectivity index (χ2v) is 4.37. The minimum absolute atomic E-state index is 0. The molecular weight excluding hydrogens is 343 g/mol. The van der Waals surface area contributed by atoms with Gasteiger partial charge in [0.1, 0.15) is 6.54 Å². The Hall–Kier alpha value is -0.530. The lowest BCUT2D eigenvalue weighted by Crippen LogP contribution is -2.39. The number of halogens is 1. The van der Waals surface area contributed by atoms with Crippen LogP contribution in [-0.4, -0.2) is 38.0 Å². The Balaban J connectivity index is 0.00000289. The van der Waals surface area contributed by atoms with Crippen molar-refractivity contribution in [2.75, 3.05) is 26.2 Å². The maximum absolute atomic E-state index is 11.4. The third-order valence-corrected chi connectivity index (χ3v) is 2.55. The Morgan fingerprint density at radius 2 is 1.94 bits per heavy atom. The van der Waals surface area contributed by atoms with Crippen LogP contribution in [0, 0.1) is 5.92 Å². The van der Waals surface area contributed by atoms with Gasteiger partial charge in [-0.25, -0.2) is 4.99 Å². The topological polar surface area (TPSA) is 65.5 Å². The largest absolute Gasteiger partial charge is 0.357 e. The summed E-state index contributed by atoms with van der Waals surface area (Å²) < 4.78 is 0. The number of carbonyl (C=O) groups is 1. The average molecular weight is 368 g/mol. The number of nitrogens with one attached hydrogen (secondary N) is 3. The van der Waals surface area contributed by atoms with E-state index in [0.29, 0.717) is 0 Å². The van der Waals surface area contributed by atoms with Crippen LogP contribution in [0.25, 0.3) is 0 Å².